The SMILES string of the molecule is CC(C)(C)CC(CNC(=O)c1cc(Cl)ccc1F)C(=O)O. The van der Waals surface area contributed by atoms with E-state index in [4.69, 9.17) is 11.6 Å². The quantitative estimate of drug-likeness (QED) is 0.875. The topological polar surface area (TPSA) is 66.4 Å². The Hall–Kier alpha value is -1.62. The van der Waals surface area contributed by atoms with Gasteiger partial charge in [0.15, 0.2) is 0 Å². The Balaban J connectivity index is 2.74. The molecular weight excluding hydrogens is 297 g/mol. The molecule has 0 aromatic heterocycles. The van der Waals surface area contributed by atoms with Crippen LogP contribution in [0.1, 0.15) is 37.6 Å². The van der Waals surface area contributed by atoms with Crippen molar-refractivity contribution in [2.24, 2.45) is 11.3 Å². The van der Waals surface area contributed by atoms with Gasteiger partial charge in [-0.1, -0.05) is 32.4 Å². The number of hydrogen-bond donors (Lipinski definition) is 2. The molecule has 0 spiro atoms. The molecule has 0 saturated heterocycles. The van der Waals surface area contributed by atoms with Crippen molar-refractivity contribution < 1.29 is 19.1 Å². The number of amides is 1. The van der Waals surface area contributed by atoms with Crippen LogP contribution in [0.5, 0.6) is 0 Å². The first-order valence-electron chi connectivity index (χ1n) is 6.56. The summed E-state index contributed by atoms with van der Waals surface area (Å²) in [5.74, 6) is -3.08. The Labute approximate surface area is 128 Å². The fourth-order valence-electron chi connectivity index (χ4n) is 1.97. The van der Waals surface area contributed by atoms with E-state index in [-0.39, 0.29) is 22.5 Å². The molecule has 0 aliphatic carbocycles. The maximum atomic E-state index is 13.5. The van der Waals surface area contributed by atoms with Crippen LogP contribution in [0.25, 0.3) is 0 Å². The molecule has 0 saturated carbocycles. The molecule has 0 radical (unpaired) electrons. The predicted molar refractivity (Wildman–Crippen MR) is 78.9 cm³/mol. The van der Waals surface area contributed by atoms with Gasteiger partial charge in [0.25, 0.3) is 5.91 Å². The predicted octanol–water partition coefficient (Wildman–Crippen LogP) is 3.35. The van der Waals surface area contributed by atoms with E-state index in [0.717, 1.165) is 6.07 Å². The maximum Gasteiger partial charge on any atom is 0.308 e. The first kappa shape index (κ1) is 17.4. The molecule has 0 heterocycles. The van der Waals surface area contributed by atoms with Gasteiger partial charge in [-0.05, 0) is 30.0 Å². The Morgan fingerprint density at radius 3 is 2.52 bits per heavy atom. The monoisotopic (exact) mass is 315 g/mol. The van der Waals surface area contributed by atoms with Gasteiger partial charge in [0.1, 0.15) is 5.82 Å². The van der Waals surface area contributed by atoms with Gasteiger partial charge in [0, 0.05) is 11.6 Å². The van der Waals surface area contributed by atoms with E-state index in [1.807, 2.05) is 20.8 Å². The molecule has 4 nitrogen and oxygen atoms in total. The smallest absolute Gasteiger partial charge is 0.308 e. The summed E-state index contributed by atoms with van der Waals surface area (Å²) in [4.78, 5) is 23.1. The molecule has 1 aromatic rings. The molecule has 1 atom stereocenters. The molecule has 6 heteroatoms. The van der Waals surface area contributed by atoms with E-state index in [9.17, 15) is 19.1 Å². The average molecular weight is 316 g/mol. The highest BCUT2D eigenvalue weighted by molar-refractivity contribution is 6.31. The van der Waals surface area contributed by atoms with Crippen molar-refractivity contribution >= 4 is 23.5 Å². The lowest BCUT2D eigenvalue weighted by molar-refractivity contribution is -0.142. The van der Waals surface area contributed by atoms with Crippen molar-refractivity contribution in [2.45, 2.75) is 27.2 Å². The lowest BCUT2D eigenvalue weighted by Crippen LogP contribution is -2.35. The minimum Gasteiger partial charge on any atom is -0.481 e. The van der Waals surface area contributed by atoms with Gasteiger partial charge in [-0.15, -0.1) is 0 Å². The number of carbonyl (C=O) groups is 2. The first-order chi connectivity index (χ1) is 9.60. The Kier molecular flexibility index (Phi) is 5.72. The van der Waals surface area contributed by atoms with Crippen LogP contribution in [0, 0.1) is 17.2 Å². The summed E-state index contributed by atoms with van der Waals surface area (Å²) in [6, 6.07) is 3.65. The van der Waals surface area contributed by atoms with Crippen molar-refractivity contribution in [1.82, 2.24) is 5.32 Å². The Morgan fingerprint density at radius 2 is 2.00 bits per heavy atom. The van der Waals surface area contributed by atoms with Crippen LogP contribution in [0.2, 0.25) is 5.02 Å². The molecule has 0 aliphatic heterocycles. The van der Waals surface area contributed by atoms with Gasteiger partial charge in [-0.3, -0.25) is 9.59 Å². The van der Waals surface area contributed by atoms with Crippen LogP contribution in [0.15, 0.2) is 18.2 Å². The van der Waals surface area contributed by atoms with Crippen molar-refractivity contribution in [3.8, 4) is 0 Å². The molecule has 21 heavy (non-hydrogen) atoms. The Morgan fingerprint density at radius 1 is 1.38 bits per heavy atom. The zero-order valence-electron chi connectivity index (χ0n) is 12.2. The highest BCUT2D eigenvalue weighted by Crippen LogP contribution is 2.24. The summed E-state index contributed by atoms with van der Waals surface area (Å²) >= 11 is 5.72. The molecule has 0 fully saturated rings. The number of aliphatic carboxylic acids is 1. The van der Waals surface area contributed by atoms with Crippen molar-refractivity contribution in [1.29, 1.82) is 0 Å². The van der Waals surface area contributed by atoms with Gasteiger partial charge in [-0.2, -0.15) is 0 Å². The molecule has 1 rings (SSSR count). The number of nitrogens with one attached hydrogen (secondary N) is 1. The minimum atomic E-state index is -0.989. The van der Waals surface area contributed by atoms with Gasteiger partial charge in [-0.25, -0.2) is 4.39 Å². The largest absolute Gasteiger partial charge is 0.481 e. The summed E-state index contributed by atoms with van der Waals surface area (Å²) in [6.45, 7) is 5.70. The fraction of sp³-hybridized carbons (Fsp3) is 0.467. The lowest BCUT2D eigenvalue weighted by atomic mass is 9.84. The zero-order valence-corrected chi connectivity index (χ0v) is 13.0. The summed E-state index contributed by atoms with van der Waals surface area (Å²) < 4.78 is 13.5. The van der Waals surface area contributed by atoms with E-state index in [0.29, 0.717) is 6.42 Å². The van der Waals surface area contributed by atoms with Crippen LogP contribution in [-0.2, 0) is 4.79 Å². The number of carboxylic acids is 1. The molecule has 1 amide bonds. The standard InChI is InChI=1S/C15H19ClFNO3/c1-15(2,3)7-9(14(20)21)8-18-13(19)11-6-10(16)4-5-12(11)17/h4-6,9H,7-8H2,1-3H3,(H,18,19)(H,20,21). The zero-order chi connectivity index (χ0) is 16.2. The first-order valence-corrected chi connectivity index (χ1v) is 6.94. The van der Waals surface area contributed by atoms with E-state index >= 15 is 0 Å². The van der Waals surface area contributed by atoms with Crippen molar-refractivity contribution in [3.63, 3.8) is 0 Å². The highest BCUT2D eigenvalue weighted by Gasteiger charge is 2.25. The van der Waals surface area contributed by atoms with Gasteiger partial charge in [0.2, 0.25) is 0 Å². The van der Waals surface area contributed by atoms with E-state index < -0.39 is 23.6 Å². The van der Waals surface area contributed by atoms with Crippen molar-refractivity contribution in [3.05, 3.63) is 34.6 Å². The molecule has 0 bridgehead atoms. The molecule has 2 N–H and O–H groups in total. The third kappa shape index (κ3) is 5.71. The number of rotatable bonds is 5. The second kappa shape index (κ2) is 6.89. The highest BCUT2D eigenvalue weighted by atomic mass is 35.5. The third-order valence-corrected chi connectivity index (χ3v) is 3.13. The number of carbonyl (C=O) groups excluding carboxylic acids is 1. The second-order valence-corrected chi connectivity index (χ2v) is 6.57. The van der Waals surface area contributed by atoms with E-state index in [1.165, 1.54) is 12.1 Å². The molecular formula is C15H19ClFNO3. The van der Waals surface area contributed by atoms with E-state index in [2.05, 4.69) is 5.32 Å². The number of hydrogen-bond acceptors (Lipinski definition) is 2. The molecule has 116 valence electrons. The van der Waals surface area contributed by atoms with Crippen LogP contribution in [0.4, 0.5) is 4.39 Å². The van der Waals surface area contributed by atoms with Crippen LogP contribution >= 0.6 is 11.6 Å². The summed E-state index contributed by atoms with van der Waals surface area (Å²) in [6.07, 6.45) is 0.403. The Bertz CT molecular complexity index is 540. The molecule has 1 aromatic carbocycles. The number of benzene rings is 1. The fourth-order valence-corrected chi connectivity index (χ4v) is 2.14. The van der Waals surface area contributed by atoms with Crippen LogP contribution in [-0.4, -0.2) is 23.5 Å². The third-order valence-electron chi connectivity index (χ3n) is 2.89. The van der Waals surface area contributed by atoms with Crippen molar-refractivity contribution in [2.75, 3.05) is 6.54 Å². The van der Waals surface area contributed by atoms with E-state index in [1.54, 1.807) is 0 Å². The second-order valence-electron chi connectivity index (χ2n) is 6.13. The summed E-state index contributed by atoms with van der Waals surface area (Å²) in [7, 11) is 0. The maximum absolute atomic E-state index is 13.5. The summed E-state index contributed by atoms with van der Waals surface area (Å²) in [5.41, 5.74) is -0.378. The summed E-state index contributed by atoms with van der Waals surface area (Å²) in [5, 5.41) is 11.9. The number of halogens is 2. The molecule has 1 unspecified atom stereocenters. The number of carboxylic acid groups (broad SMARTS) is 1. The minimum absolute atomic E-state index is 0.0581. The van der Waals surface area contributed by atoms with Gasteiger partial charge in [0.05, 0.1) is 11.5 Å². The molecule has 0 aliphatic rings. The van der Waals surface area contributed by atoms with Gasteiger partial charge < -0.3 is 10.4 Å². The van der Waals surface area contributed by atoms with Crippen LogP contribution < -0.4 is 5.32 Å². The van der Waals surface area contributed by atoms with Gasteiger partial charge >= 0.3 is 5.97 Å². The lowest BCUT2D eigenvalue weighted by Gasteiger charge is -2.23. The normalized spacial score (nSPS) is 12.8. The average Bonchev–Trinajstić information content (AvgIpc) is 2.35. The van der Waals surface area contributed by atoms with Crippen LogP contribution in [0.3, 0.4) is 0 Å².